The highest BCUT2D eigenvalue weighted by molar-refractivity contribution is 9.10. The molecule has 1 unspecified atom stereocenters. The van der Waals surface area contributed by atoms with Crippen LogP contribution in [0.3, 0.4) is 0 Å². The van der Waals surface area contributed by atoms with Gasteiger partial charge in [-0.15, -0.1) is 0 Å². The zero-order chi connectivity index (χ0) is 13.1. The third-order valence-corrected chi connectivity index (χ3v) is 3.95. The van der Waals surface area contributed by atoms with Gasteiger partial charge in [0.05, 0.1) is 0 Å². The van der Waals surface area contributed by atoms with Gasteiger partial charge in [-0.1, -0.05) is 6.92 Å². The minimum absolute atomic E-state index is 0.0522. The van der Waals surface area contributed by atoms with Crippen LogP contribution in [0.4, 0.5) is 0 Å². The Morgan fingerprint density at radius 1 is 1.61 bits per heavy atom. The third kappa shape index (κ3) is 2.95. The number of carbonyl (C=O) groups excluding carboxylic acids is 1. The molecule has 18 heavy (non-hydrogen) atoms. The Kier molecular flexibility index (Phi) is 4.45. The molecule has 5 heteroatoms. The summed E-state index contributed by atoms with van der Waals surface area (Å²) in [7, 11) is 1.84. The van der Waals surface area contributed by atoms with Gasteiger partial charge in [-0.3, -0.25) is 9.69 Å². The molecule has 1 aromatic heterocycles. The van der Waals surface area contributed by atoms with Gasteiger partial charge in [0.1, 0.15) is 0 Å². The van der Waals surface area contributed by atoms with Gasteiger partial charge in [-0.25, -0.2) is 0 Å². The second-order valence-electron chi connectivity index (χ2n) is 4.71. The Hall–Kier alpha value is -0.810. The lowest BCUT2D eigenvalue weighted by Crippen LogP contribution is -2.41. The van der Waals surface area contributed by atoms with E-state index < -0.39 is 0 Å². The highest BCUT2D eigenvalue weighted by Gasteiger charge is 2.26. The van der Waals surface area contributed by atoms with Crippen molar-refractivity contribution >= 4 is 21.8 Å². The van der Waals surface area contributed by atoms with Crippen molar-refractivity contribution in [3.63, 3.8) is 0 Å². The smallest absolute Gasteiger partial charge is 0.289 e. The molecule has 2 heterocycles. The third-order valence-electron chi connectivity index (χ3n) is 3.52. The number of hydrogen-bond acceptors (Lipinski definition) is 3. The fourth-order valence-electron chi connectivity index (χ4n) is 2.53. The summed E-state index contributed by atoms with van der Waals surface area (Å²) in [6.45, 7) is 5.14. The minimum Gasteiger partial charge on any atom is -0.444 e. The lowest BCUT2D eigenvalue weighted by Gasteiger charge is -2.27. The standard InChI is InChI=1S/C13H19BrN2O2/c1-3-16-8-4-5-10(16)9-15(2)13(17)11-6-7-12(14)18-11/h6-7,10H,3-5,8-9H2,1-2H3. The number of likely N-dealkylation sites (N-methyl/N-ethyl adjacent to an activating group) is 2. The van der Waals surface area contributed by atoms with E-state index in [0.29, 0.717) is 16.5 Å². The van der Waals surface area contributed by atoms with E-state index >= 15 is 0 Å². The number of likely N-dealkylation sites (tertiary alicyclic amines) is 1. The fraction of sp³-hybridized carbons (Fsp3) is 0.615. The van der Waals surface area contributed by atoms with Gasteiger partial charge in [-0.2, -0.15) is 0 Å². The average molecular weight is 315 g/mol. The molecule has 1 atom stereocenters. The average Bonchev–Trinajstić information content (AvgIpc) is 2.96. The molecule has 100 valence electrons. The molecule has 1 amide bonds. The van der Waals surface area contributed by atoms with Gasteiger partial charge in [0.2, 0.25) is 0 Å². The Morgan fingerprint density at radius 2 is 2.39 bits per heavy atom. The van der Waals surface area contributed by atoms with Gasteiger partial charge in [0, 0.05) is 19.6 Å². The molecule has 0 aliphatic carbocycles. The van der Waals surface area contributed by atoms with Crippen molar-refractivity contribution in [3.05, 3.63) is 22.6 Å². The molecule has 1 aromatic rings. The van der Waals surface area contributed by atoms with E-state index in [0.717, 1.165) is 19.6 Å². The predicted octanol–water partition coefficient (Wildman–Crippen LogP) is 2.60. The quantitative estimate of drug-likeness (QED) is 0.857. The van der Waals surface area contributed by atoms with Gasteiger partial charge in [-0.05, 0) is 54.0 Å². The maximum Gasteiger partial charge on any atom is 0.289 e. The second kappa shape index (κ2) is 5.89. The minimum atomic E-state index is -0.0522. The van der Waals surface area contributed by atoms with Crippen molar-refractivity contribution in [2.45, 2.75) is 25.8 Å². The van der Waals surface area contributed by atoms with Crippen LogP contribution in [0.15, 0.2) is 21.2 Å². The molecule has 0 bridgehead atoms. The van der Waals surface area contributed by atoms with E-state index in [4.69, 9.17) is 4.42 Å². The highest BCUT2D eigenvalue weighted by Crippen LogP contribution is 2.19. The van der Waals surface area contributed by atoms with Crippen molar-refractivity contribution in [2.24, 2.45) is 0 Å². The molecule has 0 saturated carbocycles. The van der Waals surface area contributed by atoms with Gasteiger partial charge in [0.15, 0.2) is 10.4 Å². The summed E-state index contributed by atoms with van der Waals surface area (Å²) in [6, 6.07) is 3.94. The number of nitrogens with zero attached hydrogens (tertiary/aromatic N) is 2. The van der Waals surface area contributed by atoms with Gasteiger partial charge in [0.25, 0.3) is 5.91 Å². The van der Waals surface area contributed by atoms with Crippen LogP contribution >= 0.6 is 15.9 Å². The summed E-state index contributed by atoms with van der Waals surface area (Å²) in [5.74, 6) is 0.342. The molecule has 1 fully saturated rings. The Labute approximate surface area is 116 Å². The Bertz CT molecular complexity index is 419. The van der Waals surface area contributed by atoms with Crippen molar-refractivity contribution in [2.75, 3.05) is 26.7 Å². The topological polar surface area (TPSA) is 36.7 Å². The first-order chi connectivity index (χ1) is 8.61. The SMILES string of the molecule is CCN1CCCC1CN(C)C(=O)c1ccc(Br)o1. The number of hydrogen-bond donors (Lipinski definition) is 0. The number of carbonyl (C=O) groups is 1. The first-order valence-corrected chi connectivity index (χ1v) is 7.16. The molecular weight excluding hydrogens is 296 g/mol. The molecule has 4 nitrogen and oxygen atoms in total. The first kappa shape index (κ1) is 13.6. The maximum atomic E-state index is 12.1. The molecular formula is C13H19BrN2O2. The lowest BCUT2D eigenvalue weighted by atomic mass is 10.2. The lowest BCUT2D eigenvalue weighted by molar-refractivity contribution is 0.0722. The second-order valence-corrected chi connectivity index (χ2v) is 5.50. The van der Waals surface area contributed by atoms with Crippen LogP contribution in [-0.4, -0.2) is 48.4 Å². The van der Waals surface area contributed by atoms with Crippen LogP contribution in [0.2, 0.25) is 0 Å². The molecule has 1 aliphatic heterocycles. The summed E-state index contributed by atoms with van der Waals surface area (Å²) >= 11 is 3.21. The number of halogens is 1. The summed E-state index contributed by atoms with van der Waals surface area (Å²) in [5, 5.41) is 0. The zero-order valence-electron chi connectivity index (χ0n) is 10.9. The van der Waals surface area contributed by atoms with E-state index in [9.17, 15) is 4.79 Å². The normalized spacial score (nSPS) is 20.3. The molecule has 1 saturated heterocycles. The van der Waals surface area contributed by atoms with E-state index in [2.05, 4.69) is 27.8 Å². The van der Waals surface area contributed by atoms with E-state index in [1.165, 1.54) is 12.8 Å². The van der Waals surface area contributed by atoms with E-state index in [1.54, 1.807) is 17.0 Å². The van der Waals surface area contributed by atoms with Crippen LogP contribution in [0.1, 0.15) is 30.3 Å². The molecule has 0 radical (unpaired) electrons. The number of furan rings is 1. The first-order valence-electron chi connectivity index (χ1n) is 6.36. The summed E-state index contributed by atoms with van der Waals surface area (Å²) in [6.07, 6.45) is 2.40. The molecule has 0 N–H and O–H groups in total. The van der Waals surface area contributed by atoms with Crippen molar-refractivity contribution in [1.29, 1.82) is 0 Å². The molecule has 0 spiro atoms. The highest BCUT2D eigenvalue weighted by atomic mass is 79.9. The van der Waals surface area contributed by atoms with Crippen molar-refractivity contribution in [1.82, 2.24) is 9.80 Å². The van der Waals surface area contributed by atoms with Crippen LogP contribution in [0.25, 0.3) is 0 Å². The predicted molar refractivity (Wildman–Crippen MR) is 73.6 cm³/mol. The maximum absolute atomic E-state index is 12.1. The Morgan fingerprint density at radius 3 is 3.00 bits per heavy atom. The largest absolute Gasteiger partial charge is 0.444 e. The number of rotatable bonds is 4. The Balaban J connectivity index is 1.95. The van der Waals surface area contributed by atoms with Crippen molar-refractivity contribution < 1.29 is 9.21 Å². The fourth-order valence-corrected chi connectivity index (χ4v) is 2.84. The number of amides is 1. The van der Waals surface area contributed by atoms with Crippen molar-refractivity contribution in [3.8, 4) is 0 Å². The van der Waals surface area contributed by atoms with E-state index in [1.807, 2.05) is 7.05 Å². The van der Waals surface area contributed by atoms with E-state index in [-0.39, 0.29) is 5.91 Å². The van der Waals surface area contributed by atoms with Crippen LogP contribution in [-0.2, 0) is 0 Å². The summed E-state index contributed by atoms with van der Waals surface area (Å²) in [5.41, 5.74) is 0. The molecule has 1 aliphatic rings. The van der Waals surface area contributed by atoms with Crippen LogP contribution < -0.4 is 0 Å². The van der Waals surface area contributed by atoms with Gasteiger partial charge < -0.3 is 9.32 Å². The van der Waals surface area contributed by atoms with Crippen LogP contribution in [0, 0.1) is 0 Å². The molecule has 2 rings (SSSR count). The van der Waals surface area contributed by atoms with Gasteiger partial charge >= 0.3 is 0 Å². The summed E-state index contributed by atoms with van der Waals surface area (Å²) < 4.78 is 5.89. The van der Waals surface area contributed by atoms with Crippen LogP contribution in [0.5, 0.6) is 0 Å². The zero-order valence-corrected chi connectivity index (χ0v) is 12.4. The molecule has 0 aromatic carbocycles. The summed E-state index contributed by atoms with van der Waals surface area (Å²) in [4.78, 5) is 16.3. The monoisotopic (exact) mass is 314 g/mol.